The van der Waals surface area contributed by atoms with Crippen LogP contribution in [0.15, 0.2) is 0 Å². The third kappa shape index (κ3) is 661. The van der Waals surface area contributed by atoms with Crippen molar-refractivity contribution in [1.29, 1.82) is 0 Å². The van der Waals surface area contributed by atoms with Crippen LogP contribution < -0.4 is 102 Å². The van der Waals surface area contributed by atoms with E-state index >= 15 is 0 Å². The summed E-state index contributed by atoms with van der Waals surface area (Å²) in [6, 6.07) is 0. The number of hydrogen-bond acceptors (Lipinski definition) is 12. The van der Waals surface area contributed by atoms with E-state index in [1.54, 1.807) is 0 Å². The quantitative estimate of drug-likeness (QED) is 0.248. The fourth-order valence-electron chi connectivity index (χ4n) is 0. The van der Waals surface area contributed by atoms with E-state index in [0.29, 0.717) is 0 Å². The second kappa shape index (κ2) is 19.6. The van der Waals surface area contributed by atoms with Gasteiger partial charge in [0.05, 0.1) is 0 Å². The van der Waals surface area contributed by atoms with E-state index in [2.05, 4.69) is 0 Å². The molecule has 0 N–H and O–H groups in total. The minimum absolute atomic E-state index is 0. The maximum Gasteiger partial charge on any atom is 1.00 e. The number of hydrogen-bond donors (Lipinski definition) is 0. The Kier molecular flexibility index (Phi) is 44.6. The van der Waals surface area contributed by atoms with E-state index in [9.17, 15) is 0 Å². The Bertz CT molecular complexity index is 354. The molecule has 0 spiro atoms. The van der Waals surface area contributed by atoms with Gasteiger partial charge in [-0.1, -0.05) is 0 Å². The number of rotatable bonds is 0. The Morgan fingerprint density at radius 2 is 0.526 bits per heavy atom. The third-order valence-electron chi connectivity index (χ3n) is 0. The molecule has 0 heterocycles. The Labute approximate surface area is 194 Å². The van der Waals surface area contributed by atoms with Crippen molar-refractivity contribution in [2.45, 2.75) is 0 Å². The van der Waals surface area contributed by atoms with Gasteiger partial charge in [-0.15, -0.1) is 0 Å². The second-order valence-electron chi connectivity index (χ2n) is 1.13. The molecule has 0 aromatic heterocycles. The standard InChI is InChI=1S/Co.Li.3Mn.Ni.12O.Rb/q+2;+1;;;;+2;;;;;;;6*-1;+1. The zero-order valence-corrected chi connectivity index (χ0v) is 19.2. The van der Waals surface area contributed by atoms with Crippen molar-refractivity contribution >= 4 is 0 Å². The van der Waals surface area contributed by atoms with Crippen LogP contribution in [-0.2, 0) is 96.4 Å². The molecule has 1 radical (unpaired) electrons. The van der Waals surface area contributed by atoms with Crippen molar-refractivity contribution in [2.75, 3.05) is 0 Å². The molecule has 0 aliphatic rings. The summed E-state index contributed by atoms with van der Waals surface area (Å²) < 4.78 is 103. The summed E-state index contributed by atoms with van der Waals surface area (Å²) >= 11 is -16.9. The summed E-state index contributed by atoms with van der Waals surface area (Å²) in [5, 5.41) is 0. The minimum atomic E-state index is -5.62. The Hall–Kier alpha value is 3.52. The Balaban J connectivity index is -0.0000000206. The first-order valence-electron chi connectivity index (χ1n) is 1.85. The molecule has 0 aliphatic carbocycles. The molecule has 0 amide bonds. The molecule has 12 nitrogen and oxygen atoms in total. The summed E-state index contributed by atoms with van der Waals surface area (Å²) in [7, 11) is 0. The average Bonchev–Trinajstić information content (AvgIpc) is 1.41. The van der Waals surface area contributed by atoms with Gasteiger partial charge in [0, 0.05) is 0 Å². The third-order valence-corrected chi connectivity index (χ3v) is 0. The topological polar surface area (TPSA) is 241 Å². The molecule has 0 fully saturated rings. The van der Waals surface area contributed by atoms with Gasteiger partial charge in [0.1, 0.15) is 0 Å². The molecule has 0 saturated carbocycles. The Morgan fingerprint density at radius 3 is 0.526 bits per heavy atom. The first kappa shape index (κ1) is 43.3. The van der Waals surface area contributed by atoms with Crippen LogP contribution in [0.25, 0.3) is 0 Å². The van der Waals surface area contributed by atoms with Crippen molar-refractivity contribution in [3.05, 3.63) is 0 Å². The van der Waals surface area contributed by atoms with Crippen LogP contribution in [0.1, 0.15) is 0 Å². The van der Waals surface area contributed by atoms with Gasteiger partial charge >= 0.3 is 199 Å². The second-order valence-corrected chi connectivity index (χ2v) is 4.68. The minimum Gasteiger partial charge on any atom is 1.00 e. The summed E-state index contributed by atoms with van der Waals surface area (Å²) in [4.78, 5) is 0. The van der Waals surface area contributed by atoms with Gasteiger partial charge in [0.25, 0.3) is 0 Å². The van der Waals surface area contributed by atoms with Crippen molar-refractivity contribution < 1.29 is 199 Å². The molecule has 0 atom stereocenters. The van der Waals surface area contributed by atoms with Crippen LogP contribution in [0.3, 0.4) is 0 Å². The zero-order chi connectivity index (χ0) is 13.5. The fourth-order valence-corrected chi connectivity index (χ4v) is 0. The van der Waals surface area contributed by atoms with Gasteiger partial charge in [0.15, 0.2) is 0 Å². The van der Waals surface area contributed by atoms with E-state index < -0.39 is 40.1 Å². The van der Waals surface area contributed by atoms with Crippen LogP contribution >= 0.6 is 0 Å². The molecule has 0 aromatic carbocycles. The van der Waals surface area contributed by atoms with Gasteiger partial charge in [-0.2, -0.15) is 0 Å². The van der Waals surface area contributed by atoms with Gasteiger partial charge in [-0.3, -0.25) is 0 Å². The van der Waals surface area contributed by atoms with E-state index in [4.69, 9.17) is 48.1 Å². The van der Waals surface area contributed by atoms with E-state index in [1.807, 2.05) is 0 Å². The summed E-state index contributed by atoms with van der Waals surface area (Å²) in [5.74, 6) is 0. The monoisotopic (exact) mass is 566 g/mol. The molecule has 0 rings (SSSR count). The summed E-state index contributed by atoms with van der Waals surface area (Å²) in [6.45, 7) is 0. The molecule has 19 heavy (non-hydrogen) atoms. The average molecular weight is 567 g/mol. The molecular formula is CoLiMn3NiO12Rb. The first-order chi connectivity index (χ1) is 6.00. The molecule has 0 aromatic rings. The molecule has 114 valence electrons. The van der Waals surface area contributed by atoms with E-state index in [1.165, 1.54) is 0 Å². The van der Waals surface area contributed by atoms with Gasteiger partial charge in [0.2, 0.25) is 0 Å². The normalized spacial score (nSPS) is 9.16. The van der Waals surface area contributed by atoms with Crippen molar-refractivity contribution in [2.24, 2.45) is 0 Å². The van der Waals surface area contributed by atoms with Crippen molar-refractivity contribution in [1.82, 2.24) is 0 Å². The van der Waals surface area contributed by atoms with Crippen LogP contribution in [-0.4, -0.2) is 0 Å². The van der Waals surface area contributed by atoms with Crippen LogP contribution in [0, 0.1) is 0 Å². The maximum absolute atomic E-state index is 8.58. The predicted molar refractivity (Wildman–Crippen MR) is 4.12 cm³/mol. The first-order valence-corrected chi connectivity index (χ1v) is 7.63. The smallest absolute Gasteiger partial charge is 1.00 e. The summed E-state index contributed by atoms with van der Waals surface area (Å²) in [5.41, 5.74) is 0. The molecule has 0 aliphatic heterocycles. The largest absolute Gasteiger partial charge is 1.00 e. The fraction of sp³-hybridized carbons (Fsp3) is 0. The van der Waals surface area contributed by atoms with Gasteiger partial charge in [-0.25, -0.2) is 0 Å². The molecule has 0 bridgehead atoms. The van der Waals surface area contributed by atoms with Crippen LogP contribution in [0.4, 0.5) is 0 Å². The predicted octanol–water partition coefficient (Wildman–Crippen LogP) is -13.9. The van der Waals surface area contributed by atoms with Crippen molar-refractivity contribution in [3.63, 3.8) is 0 Å². The molecule has 0 unspecified atom stereocenters. The molecule has 0 saturated heterocycles. The van der Waals surface area contributed by atoms with E-state index in [0.717, 1.165) is 0 Å². The van der Waals surface area contributed by atoms with Gasteiger partial charge < -0.3 is 0 Å². The summed E-state index contributed by atoms with van der Waals surface area (Å²) in [6.07, 6.45) is 0. The SMILES string of the molecule is [Co+2].[Li+].[Ni+2].[O]=[Mn](=[O])([O-])[O-].[O]=[Mn](=[O])([O-])[O-].[O]=[Mn](=[O])([O-])[O-].[Rb+]. The van der Waals surface area contributed by atoms with Crippen LogP contribution in [0.2, 0.25) is 0 Å². The Morgan fingerprint density at radius 1 is 0.526 bits per heavy atom. The zero-order valence-electron chi connectivity index (χ0n) is 8.68. The molecular weight excluding hydrogens is 567 g/mol. The maximum atomic E-state index is 8.58. The van der Waals surface area contributed by atoms with Crippen molar-refractivity contribution in [3.8, 4) is 0 Å². The van der Waals surface area contributed by atoms with Gasteiger partial charge in [-0.05, 0) is 0 Å². The molecule has 19 heteroatoms. The van der Waals surface area contributed by atoms with E-state index in [-0.39, 0.29) is 110 Å². The van der Waals surface area contributed by atoms with Crippen LogP contribution in [0.5, 0.6) is 0 Å².